The number of imidazole rings is 1. The van der Waals surface area contributed by atoms with Gasteiger partial charge in [0.05, 0.1) is 25.0 Å². The normalized spacial score (nSPS) is 18.0. The number of nitrogens with zero attached hydrogens (tertiary/aromatic N) is 3. The van der Waals surface area contributed by atoms with Crippen LogP contribution in [-0.4, -0.2) is 40.5 Å². The van der Waals surface area contributed by atoms with E-state index in [1.165, 1.54) is 31.8 Å². The molecule has 1 aliphatic rings. The third-order valence-electron chi connectivity index (χ3n) is 4.39. The summed E-state index contributed by atoms with van der Waals surface area (Å²) in [6, 6.07) is 4.70. The second-order valence-corrected chi connectivity index (χ2v) is 5.88. The van der Waals surface area contributed by atoms with Gasteiger partial charge in [0.25, 0.3) is 0 Å². The zero-order chi connectivity index (χ0) is 14.1. The van der Waals surface area contributed by atoms with E-state index in [1.54, 1.807) is 7.11 Å². The van der Waals surface area contributed by atoms with Gasteiger partial charge in [-0.2, -0.15) is 0 Å². The lowest BCUT2D eigenvalue weighted by atomic mass is 9.95. The number of likely N-dealkylation sites (tertiary alicyclic amines) is 1. The fourth-order valence-electron chi connectivity index (χ4n) is 3.09. The van der Waals surface area contributed by atoms with E-state index < -0.39 is 0 Å². The fourth-order valence-corrected chi connectivity index (χ4v) is 3.09. The molecule has 2 aromatic heterocycles. The minimum Gasteiger partial charge on any atom is -0.495 e. The van der Waals surface area contributed by atoms with Crippen LogP contribution in [0.5, 0.6) is 5.75 Å². The van der Waals surface area contributed by atoms with E-state index in [-0.39, 0.29) is 0 Å². The monoisotopic (exact) mass is 273 g/mol. The molecular weight excluding hydrogens is 250 g/mol. The Labute approximate surface area is 120 Å². The Morgan fingerprint density at radius 3 is 2.65 bits per heavy atom. The highest BCUT2D eigenvalue weighted by atomic mass is 16.5. The first-order valence-electron chi connectivity index (χ1n) is 7.44. The Morgan fingerprint density at radius 2 is 2.00 bits per heavy atom. The lowest BCUT2D eigenvalue weighted by molar-refractivity contribution is 0.169. The van der Waals surface area contributed by atoms with Gasteiger partial charge in [0.2, 0.25) is 0 Å². The van der Waals surface area contributed by atoms with Gasteiger partial charge in [-0.1, -0.05) is 0 Å². The van der Waals surface area contributed by atoms with Gasteiger partial charge in [-0.05, 0) is 51.9 Å². The number of piperidine rings is 1. The Bertz CT molecular complexity index is 582. The maximum Gasteiger partial charge on any atom is 0.135 e. The van der Waals surface area contributed by atoms with Crippen molar-refractivity contribution in [2.24, 2.45) is 0 Å². The van der Waals surface area contributed by atoms with Gasteiger partial charge in [-0.25, -0.2) is 4.98 Å². The predicted molar refractivity (Wildman–Crippen MR) is 80.4 cm³/mol. The highest BCUT2D eigenvalue weighted by molar-refractivity contribution is 5.48. The minimum atomic E-state index is 0.555. The van der Waals surface area contributed by atoms with E-state index in [1.807, 2.05) is 18.5 Å². The molecule has 0 unspecified atom stereocenters. The third-order valence-corrected chi connectivity index (χ3v) is 4.39. The largest absolute Gasteiger partial charge is 0.495 e. The van der Waals surface area contributed by atoms with Crippen molar-refractivity contribution in [2.45, 2.75) is 38.6 Å². The molecule has 4 nitrogen and oxygen atoms in total. The molecule has 1 aliphatic heterocycles. The topological polar surface area (TPSA) is 29.8 Å². The molecule has 108 valence electrons. The first kappa shape index (κ1) is 13.4. The molecule has 2 aromatic rings. The summed E-state index contributed by atoms with van der Waals surface area (Å²) in [5.74, 6) is 2.62. The van der Waals surface area contributed by atoms with Crippen LogP contribution in [-0.2, 0) is 0 Å². The van der Waals surface area contributed by atoms with Crippen LogP contribution in [0.25, 0.3) is 5.52 Å². The van der Waals surface area contributed by atoms with Crippen LogP contribution in [0.1, 0.15) is 38.4 Å². The van der Waals surface area contributed by atoms with Gasteiger partial charge < -0.3 is 9.64 Å². The van der Waals surface area contributed by atoms with Gasteiger partial charge in [0.15, 0.2) is 0 Å². The molecule has 1 fully saturated rings. The van der Waals surface area contributed by atoms with Crippen molar-refractivity contribution in [3.05, 3.63) is 30.4 Å². The van der Waals surface area contributed by atoms with Crippen molar-refractivity contribution in [2.75, 3.05) is 20.2 Å². The number of rotatable bonds is 3. The van der Waals surface area contributed by atoms with Gasteiger partial charge in [-0.3, -0.25) is 4.40 Å². The van der Waals surface area contributed by atoms with Crippen LogP contribution in [0.3, 0.4) is 0 Å². The molecule has 1 saturated heterocycles. The van der Waals surface area contributed by atoms with Gasteiger partial charge in [0, 0.05) is 12.0 Å². The van der Waals surface area contributed by atoms with Crippen molar-refractivity contribution in [3.63, 3.8) is 0 Å². The second-order valence-electron chi connectivity index (χ2n) is 5.88. The third kappa shape index (κ3) is 2.40. The lowest BCUT2D eigenvalue weighted by Gasteiger charge is -2.34. The smallest absolute Gasteiger partial charge is 0.135 e. The standard InChI is InChI=1S/C16H23N3O/c1-12(2)18-8-6-13(7-9-18)16-17-10-14-4-5-15(20-3)11-19(14)16/h4-5,10-13H,6-9H2,1-3H3. The number of fused-ring (bicyclic) bond motifs is 1. The number of hydrogen-bond acceptors (Lipinski definition) is 3. The molecule has 0 saturated carbocycles. The maximum atomic E-state index is 5.33. The van der Waals surface area contributed by atoms with Gasteiger partial charge >= 0.3 is 0 Å². The SMILES string of the molecule is COc1ccc2cnc(C3CCN(C(C)C)CC3)n2c1. The number of methoxy groups -OCH3 is 1. The van der Waals surface area contributed by atoms with Crippen LogP contribution in [0.4, 0.5) is 0 Å². The average molecular weight is 273 g/mol. The van der Waals surface area contributed by atoms with Crippen LogP contribution in [0.15, 0.2) is 24.5 Å². The highest BCUT2D eigenvalue weighted by Gasteiger charge is 2.24. The summed E-state index contributed by atoms with van der Waals surface area (Å²) in [5, 5.41) is 0. The Morgan fingerprint density at radius 1 is 1.25 bits per heavy atom. The zero-order valence-electron chi connectivity index (χ0n) is 12.5. The fraction of sp³-hybridized carbons (Fsp3) is 0.562. The maximum absolute atomic E-state index is 5.33. The molecule has 0 atom stereocenters. The molecule has 0 N–H and O–H groups in total. The Balaban J connectivity index is 1.84. The van der Waals surface area contributed by atoms with E-state index in [0.29, 0.717) is 12.0 Å². The summed E-state index contributed by atoms with van der Waals surface area (Å²) in [4.78, 5) is 7.20. The lowest BCUT2D eigenvalue weighted by Crippen LogP contribution is -2.38. The van der Waals surface area contributed by atoms with Crippen molar-refractivity contribution < 1.29 is 4.74 Å². The molecule has 0 spiro atoms. The Kier molecular flexibility index (Phi) is 3.66. The van der Waals surface area contributed by atoms with E-state index >= 15 is 0 Å². The van der Waals surface area contributed by atoms with Crippen LogP contribution >= 0.6 is 0 Å². The van der Waals surface area contributed by atoms with Crippen molar-refractivity contribution >= 4 is 5.52 Å². The molecule has 3 heterocycles. The first-order valence-corrected chi connectivity index (χ1v) is 7.44. The quantitative estimate of drug-likeness (QED) is 0.861. The van der Waals surface area contributed by atoms with Crippen molar-refractivity contribution in [3.8, 4) is 5.75 Å². The van der Waals surface area contributed by atoms with Crippen LogP contribution < -0.4 is 4.74 Å². The molecule has 3 rings (SSSR count). The minimum absolute atomic E-state index is 0.555. The molecule has 4 heteroatoms. The Hall–Kier alpha value is -1.55. The summed E-state index contributed by atoms with van der Waals surface area (Å²) in [7, 11) is 1.71. The van der Waals surface area contributed by atoms with Crippen LogP contribution in [0.2, 0.25) is 0 Å². The second kappa shape index (κ2) is 5.44. The van der Waals surface area contributed by atoms with Gasteiger partial charge in [-0.15, -0.1) is 0 Å². The molecule has 20 heavy (non-hydrogen) atoms. The molecule has 0 amide bonds. The summed E-state index contributed by atoms with van der Waals surface area (Å²) in [6.07, 6.45) is 6.39. The first-order chi connectivity index (χ1) is 9.69. The van der Waals surface area contributed by atoms with Crippen molar-refractivity contribution in [1.82, 2.24) is 14.3 Å². The molecule has 0 radical (unpaired) electrons. The van der Waals surface area contributed by atoms with E-state index in [4.69, 9.17) is 4.74 Å². The number of pyridine rings is 1. The highest BCUT2D eigenvalue weighted by Crippen LogP contribution is 2.29. The van der Waals surface area contributed by atoms with E-state index in [0.717, 1.165) is 11.3 Å². The summed E-state index contributed by atoms with van der Waals surface area (Å²) >= 11 is 0. The summed E-state index contributed by atoms with van der Waals surface area (Å²) < 4.78 is 7.51. The predicted octanol–water partition coefficient (Wildman–Crippen LogP) is 2.93. The number of ether oxygens (including phenoxy) is 1. The molecule has 0 aliphatic carbocycles. The van der Waals surface area contributed by atoms with Crippen LogP contribution in [0, 0.1) is 0 Å². The molecule has 0 aromatic carbocycles. The van der Waals surface area contributed by atoms with Gasteiger partial charge in [0.1, 0.15) is 11.6 Å². The summed E-state index contributed by atoms with van der Waals surface area (Å²) in [5.41, 5.74) is 1.15. The van der Waals surface area contributed by atoms with E-state index in [9.17, 15) is 0 Å². The zero-order valence-corrected chi connectivity index (χ0v) is 12.5. The molecule has 0 bridgehead atoms. The molecular formula is C16H23N3O. The summed E-state index contributed by atoms with van der Waals surface area (Å²) in [6.45, 7) is 6.88. The number of aromatic nitrogens is 2. The average Bonchev–Trinajstić information content (AvgIpc) is 2.90. The van der Waals surface area contributed by atoms with Crippen molar-refractivity contribution in [1.29, 1.82) is 0 Å². The van der Waals surface area contributed by atoms with E-state index in [2.05, 4.69) is 34.2 Å². The number of hydrogen-bond donors (Lipinski definition) is 0.